The molecule has 0 radical (unpaired) electrons. The third kappa shape index (κ3) is 4.73. The van der Waals surface area contributed by atoms with Crippen LogP contribution in [0.3, 0.4) is 0 Å². The molecule has 0 saturated heterocycles. The number of esters is 1. The van der Waals surface area contributed by atoms with E-state index in [0.29, 0.717) is 11.3 Å². The van der Waals surface area contributed by atoms with Gasteiger partial charge in [0.05, 0.1) is 32.4 Å². The molecule has 0 aliphatic heterocycles. The van der Waals surface area contributed by atoms with Crippen LogP contribution in [-0.2, 0) is 9.53 Å². The van der Waals surface area contributed by atoms with Crippen molar-refractivity contribution in [3.63, 3.8) is 0 Å². The lowest BCUT2D eigenvalue weighted by atomic mass is 10.1. The molecule has 2 aromatic rings. The van der Waals surface area contributed by atoms with Crippen LogP contribution in [0.25, 0.3) is 0 Å². The largest absolute Gasteiger partial charge is 0.496 e. The number of nitrogens with one attached hydrogen (secondary N) is 2. The number of carbonyl (C=O) groups is 2. The molecule has 0 bridgehead atoms. The van der Waals surface area contributed by atoms with Gasteiger partial charge in [0.1, 0.15) is 5.75 Å². The number of ether oxygens (including phenoxy) is 2. The Balaban J connectivity index is 1.98. The molecule has 0 heterocycles. The van der Waals surface area contributed by atoms with Gasteiger partial charge in [-0.3, -0.25) is 4.79 Å². The molecular formula is C19H22N2O4. The first-order valence-corrected chi connectivity index (χ1v) is 7.90. The Labute approximate surface area is 147 Å². The van der Waals surface area contributed by atoms with Gasteiger partial charge in [-0.15, -0.1) is 0 Å². The molecule has 0 fully saturated rings. The summed E-state index contributed by atoms with van der Waals surface area (Å²) >= 11 is 0. The number of anilines is 1. The van der Waals surface area contributed by atoms with Crippen molar-refractivity contribution in [1.82, 2.24) is 5.32 Å². The van der Waals surface area contributed by atoms with Gasteiger partial charge in [-0.25, -0.2) is 4.79 Å². The predicted molar refractivity (Wildman–Crippen MR) is 95.8 cm³/mol. The van der Waals surface area contributed by atoms with Crippen molar-refractivity contribution >= 4 is 17.6 Å². The monoisotopic (exact) mass is 342 g/mol. The third-order valence-corrected chi connectivity index (χ3v) is 3.75. The predicted octanol–water partition coefficient (Wildman–Crippen LogP) is 2.77. The van der Waals surface area contributed by atoms with E-state index in [1.807, 2.05) is 31.2 Å². The third-order valence-electron chi connectivity index (χ3n) is 3.75. The lowest BCUT2D eigenvalue weighted by Crippen LogP contribution is -2.32. The van der Waals surface area contributed by atoms with Crippen molar-refractivity contribution in [2.75, 3.05) is 26.1 Å². The molecule has 6 heteroatoms. The molecule has 0 spiro atoms. The summed E-state index contributed by atoms with van der Waals surface area (Å²) in [4.78, 5) is 24.0. The maximum absolute atomic E-state index is 12.2. The zero-order chi connectivity index (χ0) is 18.2. The van der Waals surface area contributed by atoms with Gasteiger partial charge in [-0.2, -0.15) is 0 Å². The van der Waals surface area contributed by atoms with Gasteiger partial charge in [0.2, 0.25) is 5.91 Å². The Morgan fingerprint density at radius 3 is 2.44 bits per heavy atom. The molecule has 1 unspecified atom stereocenters. The van der Waals surface area contributed by atoms with Crippen LogP contribution < -0.4 is 15.4 Å². The highest BCUT2D eigenvalue weighted by atomic mass is 16.5. The van der Waals surface area contributed by atoms with Crippen LogP contribution in [0.1, 0.15) is 28.9 Å². The van der Waals surface area contributed by atoms with E-state index in [0.717, 1.165) is 11.3 Å². The molecule has 2 aromatic carbocycles. The molecular weight excluding hydrogens is 320 g/mol. The van der Waals surface area contributed by atoms with Crippen LogP contribution >= 0.6 is 0 Å². The highest BCUT2D eigenvalue weighted by Crippen LogP contribution is 2.24. The highest BCUT2D eigenvalue weighted by molar-refractivity contribution is 5.96. The summed E-state index contributed by atoms with van der Waals surface area (Å²) < 4.78 is 10.1. The second kappa shape index (κ2) is 8.73. The van der Waals surface area contributed by atoms with Gasteiger partial charge in [0.25, 0.3) is 0 Å². The van der Waals surface area contributed by atoms with Crippen molar-refractivity contribution in [3.8, 4) is 5.75 Å². The van der Waals surface area contributed by atoms with E-state index in [-0.39, 0.29) is 18.5 Å². The summed E-state index contributed by atoms with van der Waals surface area (Å²) in [6, 6.07) is 14.2. The van der Waals surface area contributed by atoms with E-state index in [4.69, 9.17) is 9.47 Å². The van der Waals surface area contributed by atoms with Gasteiger partial charge in [0.15, 0.2) is 0 Å². The lowest BCUT2D eigenvalue weighted by molar-refractivity contribution is -0.120. The summed E-state index contributed by atoms with van der Waals surface area (Å²) in [5.41, 5.74) is 1.83. The van der Waals surface area contributed by atoms with E-state index in [1.54, 1.807) is 31.4 Å². The zero-order valence-corrected chi connectivity index (χ0v) is 14.5. The Kier molecular flexibility index (Phi) is 6.39. The van der Waals surface area contributed by atoms with Crippen LogP contribution in [0.15, 0.2) is 48.5 Å². The fourth-order valence-corrected chi connectivity index (χ4v) is 2.50. The molecule has 1 atom stereocenters. The standard InChI is InChI=1S/C19H22N2O4/c1-13(14-8-5-7-11-17(14)24-2)21-18(22)12-20-16-10-6-4-9-15(16)19(23)25-3/h4-11,13,20H,12H2,1-3H3,(H,21,22). The summed E-state index contributed by atoms with van der Waals surface area (Å²) in [6.45, 7) is 1.92. The Morgan fingerprint density at radius 2 is 1.72 bits per heavy atom. The summed E-state index contributed by atoms with van der Waals surface area (Å²) in [7, 11) is 2.92. The first-order valence-electron chi connectivity index (χ1n) is 7.90. The van der Waals surface area contributed by atoms with Gasteiger partial charge >= 0.3 is 5.97 Å². The minimum Gasteiger partial charge on any atom is -0.496 e. The number of benzene rings is 2. The van der Waals surface area contributed by atoms with E-state index in [9.17, 15) is 9.59 Å². The van der Waals surface area contributed by atoms with Crippen molar-refractivity contribution in [2.45, 2.75) is 13.0 Å². The maximum Gasteiger partial charge on any atom is 0.339 e. The molecule has 6 nitrogen and oxygen atoms in total. The molecule has 0 aromatic heterocycles. The van der Waals surface area contributed by atoms with Crippen molar-refractivity contribution < 1.29 is 19.1 Å². The lowest BCUT2D eigenvalue weighted by Gasteiger charge is -2.18. The van der Waals surface area contributed by atoms with E-state index in [2.05, 4.69) is 10.6 Å². The number of methoxy groups -OCH3 is 2. The van der Waals surface area contributed by atoms with E-state index in [1.165, 1.54) is 7.11 Å². The van der Waals surface area contributed by atoms with E-state index >= 15 is 0 Å². The Hall–Kier alpha value is -3.02. The summed E-state index contributed by atoms with van der Waals surface area (Å²) in [6.07, 6.45) is 0. The van der Waals surface area contributed by atoms with Gasteiger partial charge < -0.3 is 20.1 Å². The quantitative estimate of drug-likeness (QED) is 0.757. The topological polar surface area (TPSA) is 76.7 Å². The molecule has 132 valence electrons. The van der Waals surface area contributed by atoms with Crippen LogP contribution in [0, 0.1) is 0 Å². The van der Waals surface area contributed by atoms with Gasteiger partial charge in [-0.05, 0) is 25.1 Å². The molecule has 0 saturated carbocycles. The van der Waals surface area contributed by atoms with Crippen LogP contribution in [0.5, 0.6) is 5.75 Å². The minimum absolute atomic E-state index is 0.0352. The highest BCUT2D eigenvalue weighted by Gasteiger charge is 2.15. The second-order valence-electron chi connectivity index (χ2n) is 5.42. The Morgan fingerprint density at radius 1 is 1.04 bits per heavy atom. The number of para-hydroxylation sites is 2. The van der Waals surface area contributed by atoms with Crippen molar-refractivity contribution in [2.24, 2.45) is 0 Å². The smallest absolute Gasteiger partial charge is 0.339 e. The normalized spacial score (nSPS) is 11.3. The fraction of sp³-hybridized carbons (Fsp3) is 0.263. The maximum atomic E-state index is 12.2. The molecule has 1 amide bonds. The number of hydrogen-bond donors (Lipinski definition) is 2. The van der Waals surface area contributed by atoms with Crippen LogP contribution in [0.2, 0.25) is 0 Å². The first-order chi connectivity index (χ1) is 12.1. The molecule has 0 aliphatic rings. The second-order valence-corrected chi connectivity index (χ2v) is 5.42. The average molecular weight is 342 g/mol. The molecule has 25 heavy (non-hydrogen) atoms. The number of rotatable bonds is 7. The zero-order valence-electron chi connectivity index (χ0n) is 14.5. The Bertz CT molecular complexity index is 746. The van der Waals surface area contributed by atoms with Gasteiger partial charge in [-0.1, -0.05) is 30.3 Å². The van der Waals surface area contributed by atoms with Crippen LogP contribution in [-0.4, -0.2) is 32.6 Å². The van der Waals surface area contributed by atoms with Crippen molar-refractivity contribution in [1.29, 1.82) is 0 Å². The fourth-order valence-electron chi connectivity index (χ4n) is 2.50. The van der Waals surface area contributed by atoms with Crippen molar-refractivity contribution in [3.05, 3.63) is 59.7 Å². The number of amides is 1. The SMILES string of the molecule is COC(=O)c1ccccc1NCC(=O)NC(C)c1ccccc1OC. The number of hydrogen-bond acceptors (Lipinski definition) is 5. The van der Waals surface area contributed by atoms with Crippen LogP contribution in [0.4, 0.5) is 5.69 Å². The average Bonchev–Trinajstić information content (AvgIpc) is 2.65. The minimum atomic E-state index is -0.453. The first kappa shape index (κ1) is 18.3. The molecule has 2 rings (SSSR count). The summed E-state index contributed by atoms with van der Waals surface area (Å²) in [5.74, 6) is 0.0725. The van der Waals surface area contributed by atoms with Gasteiger partial charge in [0, 0.05) is 11.3 Å². The molecule has 2 N–H and O–H groups in total. The number of carbonyl (C=O) groups excluding carboxylic acids is 2. The molecule has 0 aliphatic carbocycles. The van der Waals surface area contributed by atoms with E-state index < -0.39 is 5.97 Å². The summed E-state index contributed by atoms with van der Waals surface area (Å²) in [5, 5.41) is 5.88.